The van der Waals surface area contributed by atoms with E-state index in [0.29, 0.717) is 0 Å². The molecule has 2 amide bonds. The van der Waals surface area contributed by atoms with Crippen molar-refractivity contribution in [2.24, 2.45) is 0 Å². The first-order valence-corrected chi connectivity index (χ1v) is 9.98. The fourth-order valence-corrected chi connectivity index (χ4v) is 3.64. The maximum atomic E-state index is 12.8. The molecule has 2 fully saturated rings. The lowest BCUT2D eigenvalue weighted by molar-refractivity contribution is 0.123. The maximum Gasteiger partial charge on any atom is 0.321 e. The molecule has 150 valence electrons. The van der Waals surface area contributed by atoms with Crippen LogP contribution in [-0.4, -0.2) is 100 Å². The number of piperazine rings is 1. The van der Waals surface area contributed by atoms with Crippen molar-refractivity contribution in [2.75, 3.05) is 89.9 Å². The Kier molecular flexibility index (Phi) is 7.32. The molecule has 1 aromatic rings. The van der Waals surface area contributed by atoms with Gasteiger partial charge in [-0.25, -0.2) is 4.79 Å². The van der Waals surface area contributed by atoms with Gasteiger partial charge in [-0.1, -0.05) is 12.1 Å². The molecule has 1 N–H and O–H groups in total. The number of anilines is 2. The van der Waals surface area contributed by atoms with Gasteiger partial charge in [0.2, 0.25) is 0 Å². The summed E-state index contributed by atoms with van der Waals surface area (Å²) in [6.45, 7) is 8.87. The van der Waals surface area contributed by atoms with Crippen molar-refractivity contribution < 1.29 is 9.53 Å². The van der Waals surface area contributed by atoms with Crippen molar-refractivity contribution in [3.63, 3.8) is 0 Å². The molecule has 7 heteroatoms. The summed E-state index contributed by atoms with van der Waals surface area (Å²) in [5.41, 5.74) is 1.97. The Hall–Kier alpha value is -1.83. The van der Waals surface area contributed by atoms with E-state index < -0.39 is 0 Å². The number of rotatable bonds is 6. The molecule has 2 heterocycles. The van der Waals surface area contributed by atoms with E-state index in [1.54, 1.807) is 0 Å². The highest BCUT2D eigenvalue weighted by molar-refractivity contribution is 5.93. The van der Waals surface area contributed by atoms with Gasteiger partial charge in [0.15, 0.2) is 0 Å². The van der Waals surface area contributed by atoms with E-state index in [1.807, 2.05) is 23.1 Å². The molecule has 0 spiro atoms. The molecule has 1 aromatic carbocycles. The SMILES string of the molecule is CN(C)CCCN1CCN(C(=O)Nc2ccccc2N2CCOCC2)CC1. The summed E-state index contributed by atoms with van der Waals surface area (Å²) < 4.78 is 5.44. The van der Waals surface area contributed by atoms with Gasteiger partial charge in [0.1, 0.15) is 0 Å². The minimum absolute atomic E-state index is 0.00338. The van der Waals surface area contributed by atoms with Crippen molar-refractivity contribution >= 4 is 17.4 Å². The smallest absolute Gasteiger partial charge is 0.321 e. The number of hydrogen-bond acceptors (Lipinski definition) is 5. The molecular formula is C20H33N5O2. The largest absolute Gasteiger partial charge is 0.378 e. The molecule has 27 heavy (non-hydrogen) atoms. The zero-order chi connectivity index (χ0) is 19.1. The number of benzene rings is 1. The Morgan fingerprint density at radius 2 is 1.78 bits per heavy atom. The second-order valence-corrected chi connectivity index (χ2v) is 7.53. The normalized spacial score (nSPS) is 18.8. The molecule has 0 aromatic heterocycles. The predicted molar refractivity (Wildman–Crippen MR) is 110 cm³/mol. The molecule has 3 rings (SSSR count). The van der Waals surface area contributed by atoms with Crippen molar-refractivity contribution in [1.82, 2.24) is 14.7 Å². The van der Waals surface area contributed by atoms with Crippen molar-refractivity contribution in [3.05, 3.63) is 24.3 Å². The lowest BCUT2D eigenvalue weighted by Crippen LogP contribution is -2.50. The van der Waals surface area contributed by atoms with Gasteiger partial charge in [-0.15, -0.1) is 0 Å². The van der Waals surface area contributed by atoms with Crippen molar-refractivity contribution in [1.29, 1.82) is 0 Å². The van der Waals surface area contributed by atoms with E-state index in [0.717, 1.165) is 76.9 Å². The molecule has 0 saturated carbocycles. The summed E-state index contributed by atoms with van der Waals surface area (Å²) in [7, 11) is 4.22. The Labute approximate surface area is 162 Å². The van der Waals surface area contributed by atoms with Crippen LogP contribution in [0.5, 0.6) is 0 Å². The number of amides is 2. The number of carbonyl (C=O) groups excluding carboxylic acids is 1. The summed E-state index contributed by atoms with van der Waals surface area (Å²) in [4.78, 5) is 21.6. The fourth-order valence-electron chi connectivity index (χ4n) is 3.64. The predicted octanol–water partition coefficient (Wildman–Crippen LogP) is 1.62. The quantitative estimate of drug-likeness (QED) is 0.819. The third kappa shape index (κ3) is 5.82. The molecule has 0 bridgehead atoms. The van der Waals surface area contributed by atoms with Crippen LogP contribution in [0.25, 0.3) is 0 Å². The van der Waals surface area contributed by atoms with Crippen LogP contribution in [-0.2, 0) is 4.74 Å². The first kappa shape index (κ1) is 19.9. The topological polar surface area (TPSA) is 51.3 Å². The highest BCUT2D eigenvalue weighted by Gasteiger charge is 2.22. The highest BCUT2D eigenvalue weighted by atomic mass is 16.5. The van der Waals surface area contributed by atoms with Gasteiger partial charge in [0, 0.05) is 39.3 Å². The van der Waals surface area contributed by atoms with Gasteiger partial charge >= 0.3 is 6.03 Å². The average molecular weight is 376 g/mol. The zero-order valence-electron chi connectivity index (χ0n) is 16.7. The number of nitrogens with one attached hydrogen (secondary N) is 1. The second-order valence-electron chi connectivity index (χ2n) is 7.53. The van der Waals surface area contributed by atoms with Crippen LogP contribution in [0.3, 0.4) is 0 Å². The number of urea groups is 1. The van der Waals surface area contributed by atoms with Crippen LogP contribution in [0.4, 0.5) is 16.2 Å². The lowest BCUT2D eigenvalue weighted by atomic mass is 10.2. The van der Waals surface area contributed by atoms with Crippen molar-refractivity contribution in [3.8, 4) is 0 Å². The summed E-state index contributed by atoms with van der Waals surface area (Å²) >= 11 is 0. The van der Waals surface area contributed by atoms with Gasteiger partial charge in [-0.2, -0.15) is 0 Å². The van der Waals surface area contributed by atoms with E-state index >= 15 is 0 Å². The number of hydrogen-bond donors (Lipinski definition) is 1. The Balaban J connectivity index is 1.50. The first-order chi connectivity index (χ1) is 13.1. The summed E-state index contributed by atoms with van der Waals surface area (Å²) in [6.07, 6.45) is 1.17. The van der Waals surface area contributed by atoms with E-state index in [-0.39, 0.29) is 6.03 Å². The molecule has 0 radical (unpaired) electrons. The van der Waals surface area contributed by atoms with Gasteiger partial charge in [-0.05, 0) is 45.7 Å². The Bertz CT molecular complexity index is 596. The van der Waals surface area contributed by atoms with E-state index in [9.17, 15) is 4.79 Å². The molecule has 0 aliphatic carbocycles. The van der Waals surface area contributed by atoms with Gasteiger partial charge in [0.05, 0.1) is 24.6 Å². The molecular weight excluding hydrogens is 342 g/mol. The van der Waals surface area contributed by atoms with E-state index in [1.165, 1.54) is 6.42 Å². The summed E-state index contributed by atoms with van der Waals surface area (Å²) in [6, 6.07) is 8.06. The molecule has 2 aliphatic heterocycles. The second kappa shape index (κ2) is 9.92. The minimum Gasteiger partial charge on any atom is -0.378 e. The van der Waals surface area contributed by atoms with Crippen LogP contribution in [0, 0.1) is 0 Å². The minimum atomic E-state index is 0.00338. The standard InChI is InChI=1S/C20H33N5O2/c1-22(2)8-5-9-23-10-12-25(13-11-23)20(26)21-18-6-3-4-7-19(18)24-14-16-27-17-15-24/h3-4,6-7H,5,8-17H2,1-2H3,(H,21,26). The average Bonchev–Trinajstić information content (AvgIpc) is 2.69. The number of ether oxygens (including phenoxy) is 1. The van der Waals surface area contributed by atoms with Crippen LogP contribution in [0.15, 0.2) is 24.3 Å². The van der Waals surface area contributed by atoms with Gasteiger partial charge < -0.3 is 24.8 Å². The molecule has 2 saturated heterocycles. The van der Waals surface area contributed by atoms with Crippen molar-refractivity contribution in [2.45, 2.75) is 6.42 Å². The van der Waals surface area contributed by atoms with Gasteiger partial charge in [-0.3, -0.25) is 4.90 Å². The van der Waals surface area contributed by atoms with Gasteiger partial charge in [0.25, 0.3) is 0 Å². The first-order valence-electron chi connectivity index (χ1n) is 9.98. The Morgan fingerprint density at radius 3 is 2.48 bits per heavy atom. The molecule has 0 unspecified atom stereocenters. The molecule has 2 aliphatic rings. The third-order valence-corrected chi connectivity index (χ3v) is 5.24. The molecule has 7 nitrogen and oxygen atoms in total. The Morgan fingerprint density at radius 1 is 1.07 bits per heavy atom. The zero-order valence-corrected chi connectivity index (χ0v) is 16.7. The van der Waals surface area contributed by atoms with Crippen LogP contribution >= 0.6 is 0 Å². The summed E-state index contributed by atoms with van der Waals surface area (Å²) in [5.74, 6) is 0. The van der Waals surface area contributed by atoms with Crippen LogP contribution < -0.4 is 10.2 Å². The van der Waals surface area contributed by atoms with Crippen LogP contribution in [0.2, 0.25) is 0 Å². The summed E-state index contributed by atoms with van der Waals surface area (Å²) in [5, 5.41) is 3.13. The lowest BCUT2D eigenvalue weighted by Gasteiger charge is -2.35. The number of para-hydroxylation sites is 2. The molecule has 0 atom stereocenters. The number of morpholine rings is 1. The fraction of sp³-hybridized carbons (Fsp3) is 0.650. The van der Waals surface area contributed by atoms with E-state index in [4.69, 9.17) is 4.74 Å². The maximum absolute atomic E-state index is 12.8. The highest BCUT2D eigenvalue weighted by Crippen LogP contribution is 2.26. The number of nitrogens with zero attached hydrogens (tertiary/aromatic N) is 4. The monoisotopic (exact) mass is 375 g/mol. The van der Waals surface area contributed by atoms with E-state index in [2.05, 4.69) is 40.2 Å². The van der Waals surface area contributed by atoms with Crippen LogP contribution in [0.1, 0.15) is 6.42 Å². The third-order valence-electron chi connectivity index (χ3n) is 5.24. The number of carbonyl (C=O) groups is 1.